The van der Waals surface area contributed by atoms with Crippen LogP contribution in [0, 0.1) is 11.8 Å². The van der Waals surface area contributed by atoms with E-state index in [1.54, 1.807) is 0 Å². The van der Waals surface area contributed by atoms with Crippen LogP contribution in [0.25, 0.3) is 0 Å². The fourth-order valence-electron chi connectivity index (χ4n) is 6.22. The lowest BCUT2D eigenvalue weighted by Gasteiger charge is -2.37. The van der Waals surface area contributed by atoms with Gasteiger partial charge < -0.3 is 25.4 Å². The molecule has 3 saturated heterocycles. The van der Waals surface area contributed by atoms with Crippen molar-refractivity contribution < 1.29 is 24.2 Å². The van der Waals surface area contributed by atoms with Crippen molar-refractivity contribution in [2.45, 2.75) is 81.1 Å². The van der Waals surface area contributed by atoms with E-state index < -0.39 is 35.6 Å². The summed E-state index contributed by atoms with van der Waals surface area (Å²) in [5, 5.41) is 16.5. The minimum Gasteiger partial charge on any atom is -0.394 e. The number of nitrogens with zero attached hydrogens (tertiary/aromatic N) is 1. The normalized spacial score (nSPS) is 32.9. The predicted octanol–water partition coefficient (Wildman–Crippen LogP) is 2.30. The largest absolute Gasteiger partial charge is 0.394 e. The molecule has 3 fully saturated rings. The van der Waals surface area contributed by atoms with Crippen molar-refractivity contribution in [3.05, 3.63) is 35.9 Å². The number of aliphatic hydroxyl groups is 1. The molecule has 0 aliphatic carbocycles. The Labute approximate surface area is 215 Å². The summed E-state index contributed by atoms with van der Waals surface area (Å²) in [6.45, 7) is 6.13. The maximum Gasteiger partial charge on any atom is 0.246 e. The zero-order valence-corrected chi connectivity index (χ0v) is 22.2. The topological polar surface area (TPSA) is 108 Å². The molecule has 4 rings (SSSR count). The van der Waals surface area contributed by atoms with Crippen LogP contribution in [0.1, 0.15) is 58.1 Å². The molecule has 3 N–H and O–H groups in total. The van der Waals surface area contributed by atoms with E-state index in [2.05, 4.69) is 33.5 Å². The second-order valence-corrected chi connectivity index (χ2v) is 11.2. The van der Waals surface area contributed by atoms with Crippen LogP contribution in [0.3, 0.4) is 0 Å². The number of amides is 3. The van der Waals surface area contributed by atoms with Gasteiger partial charge in [0.2, 0.25) is 17.7 Å². The number of benzene rings is 1. The van der Waals surface area contributed by atoms with Gasteiger partial charge in [-0.25, -0.2) is 0 Å². The summed E-state index contributed by atoms with van der Waals surface area (Å²) in [6, 6.07) is 7.47. The first-order valence-corrected chi connectivity index (χ1v) is 13.6. The number of nitrogens with one attached hydrogen (secondary N) is 2. The Morgan fingerprint density at radius 1 is 1.23 bits per heavy atom. The Hall–Kier alpha value is -1.97. The maximum atomic E-state index is 14.1. The smallest absolute Gasteiger partial charge is 0.246 e. The SMILES string of the molecule is CCCNC(=O)[C@H]1[C@@H]2OC3(CC2Br)C(C(=O)NC(C)CCC)N([C@H](CO)c2ccccc2)C(=O)[C@H]13. The summed E-state index contributed by atoms with van der Waals surface area (Å²) in [6.07, 6.45) is 2.44. The zero-order valence-electron chi connectivity index (χ0n) is 20.6. The number of halogens is 1. The molecule has 8 nitrogen and oxygen atoms in total. The number of hydrogen-bond acceptors (Lipinski definition) is 5. The van der Waals surface area contributed by atoms with E-state index in [-0.39, 0.29) is 35.2 Å². The highest BCUT2D eigenvalue weighted by atomic mass is 79.9. The van der Waals surface area contributed by atoms with E-state index in [1.165, 1.54) is 4.90 Å². The second kappa shape index (κ2) is 10.6. The number of rotatable bonds is 10. The Kier molecular flexibility index (Phi) is 7.88. The molecule has 0 saturated carbocycles. The van der Waals surface area contributed by atoms with Crippen LogP contribution in [0.2, 0.25) is 0 Å². The molecular formula is C26H36BrN3O5. The van der Waals surface area contributed by atoms with Gasteiger partial charge in [0, 0.05) is 17.4 Å². The molecule has 9 heteroatoms. The fraction of sp³-hybridized carbons (Fsp3) is 0.654. The van der Waals surface area contributed by atoms with E-state index in [0.29, 0.717) is 13.0 Å². The van der Waals surface area contributed by atoms with Gasteiger partial charge in [0.25, 0.3) is 0 Å². The van der Waals surface area contributed by atoms with Gasteiger partial charge in [-0.2, -0.15) is 0 Å². The molecule has 0 radical (unpaired) electrons. The summed E-state index contributed by atoms with van der Waals surface area (Å²) in [5.41, 5.74) is -0.404. The molecule has 3 aliphatic rings. The third kappa shape index (κ3) is 4.40. The number of carbonyl (C=O) groups is 3. The molecule has 1 aromatic rings. The molecule has 1 aromatic carbocycles. The molecule has 0 aromatic heterocycles. The third-order valence-corrected chi connectivity index (χ3v) is 8.48. The lowest BCUT2D eigenvalue weighted by Crippen LogP contribution is -2.57. The molecular weight excluding hydrogens is 514 g/mol. The average Bonchev–Trinajstić information content (AvgIpc) is 3.42. The van der Waals surface area contributed by atoms with Crippen LogP contribution in [0.4, 0.5) is 0 Å². The van der Waals surface area contributed by atoms with Crippen LogP contribution >= 0.6 is 15.9 Å². The fourth-order valence-corrected chi connectivity index (χ4v) is 7.17. The third-order valence-electron chi connectivity index (χ3n) is 7.63. The zero-order chi connectivity index (χ0) is 25.3. The second-order valence-electron chi connectivity index (χ2n) is 10.0. The highest BCUT2D eigenvalue weighted by Crippen LogP contribution is 2.61. The maximum absolute atomic E-state index is 14.1. The van der Waals surface area contributed by atoms with E-state index in [9.17, 15) is 19.5 Å². The van der Waals surface area contributed by atoms with E-state index >= 15 is 0 Å². The summed E-state index contributed by atoms with van der Waals surface area (Å²) in [5.74, 6) is -2.31. The minimum absolute atomic E-state index is 0.0776. The molecule has 3 heterocycles. The van der Waals surface area contributed by atoms with Gasteiger partial charge in [-0.3, -0.25) is 14.4 Å². The van der Waals surface area contributed by atoms with E-state index in [0.717, 1.165) is 24.8 Å². The van der Waals surface area contributed by atoms with Gasteiger partial charge in [-0.1, -0.05) is 66.5 Å². The van der Waals surface area contributed by atoms with Crippen molar-refractivity contribution in [3.8, 4) is 0 Å². The Bertz CT molecular complexity index is 946. The predicted molar refractivity (Wildman–Crippen MR) is 135 cm³/mol. The Morgan fingerprint density at radius 3 is 2.57 bits per heavy atom. The van der Waals surface area contributed by atoms with Crippen LogP contribution < -0.4 is 10.6 Å². The number of alkyl halides is 1. The van der Waals surface area contributed by atoms with Crippen molar-refractivity contribution >= 4 is 33.7 Å². The van der Waals surface area contributed by atoms with Gasteiger partial charge in [-0.05, 0) is 31.7 Å². The minimum atomic E-state index is -1.14. The highest BCUT2D eigenvalue weighted by Gasteiger charge is 2.77. The first-order chi connectivity index (χ1) is 16.8. The number of likely N-dealkylation sites (tertiary alicyclic amines) is 1. The molecule has 3 aliphatic heterocycles. The lowest BCUT2D eigenvalue weighted by atomic mass is 9.70. The summed E-state index contributed by atoms with van der Waals surface area (Å²) < 4.78 is 6.50. The monoisotopic (exact) mass is 549 g/mol. The molecule has 3 amide bonds. The number of carbonyl (C=O) groups excluding carboxylic acids is 3. The first-order valence-electron chi connectivity index (χ1n) is 12.7. The summed E-state index contributed by atoms with van der Waals surface area (Å²) in [7, 11) is 0. The van der Waals surface area contributed by atoms with Gasteiger partial charge in [0.1, 0.15) is 11.6 Å². The van der Waals surface area contributed by atoms with Gasteiger partial charge in [0.05, 0.1) is 30.6 Å². The van der Waals surface area contributed by atoms with Crippen LogP contribution in [-0.4, -0.2) is 69.5 Å². The number of fused-ring (bicyclic) bond motifs is 1. The van der Waals surface area contributed by atoms with E-state index in [4.69, 9.17) is 4.74 Å². The van der Waals surface area contributed by atoms with Crippen LogP contribution in [0.5, 0.6) is 0 Å². The number of hydrogen-bond donors (Lipinski definition) is 3. The molecule has 4 unspecified atom stereocenters. The first kappa shape index (κ1) is 26.1. The number of aliphatic hydroxyl groups excluding tert-OH is 1. The number of ether oxygens (including phenoxy) is 1. The van der Waals surface area contributed by atoms with Crippen molar-refractivity contribution in [2.24, 2.45) is 11.8 Å². The van der Waals surface area contributed by atoms with Crippen molar-refractivity contribution in [1.29, 1.82) is 0 Å². The lowest BCUT2D eigenvalue weighted by molar-refractivity contribution is -0.146. The van der Waals surface area contributed by atoms with Gasteiger partial charge in [0.15, 0.2) is 0 Å². The van der Waals surface area contributed by atoms with Crippen molar-refractivity contribution in [1.82, 2.24) is 15.5 Å². The van der Waals surface area contributed by atoms with Crippen molar-refractivity contribution in [2.75, 3.05) is 13.2 Å². The van der Waals surface area contributed by atoms with Crippen LogP contribution in [0.15, 0.2) is 30.3 Å². The van der Waals surface area contributed by atoms with Crippen molar-refractivity contribution in [3.63, 3.8) is 0 Å². The van der Waals surface area contributed by atoms with Gasteiger partial charge >= 0.3 is 0 Å². The van der Waals surface area contributed by atoms with Gasteiger partial charge in [-0.15, -0.1) is 0 Å². The molecule has 8 atom stereocenters. The molecule has 1 spiro atoms. The molecule has 35 heavy (non-hydrogen) atoms. The summed E-state index contributed by atoms with van der Waals surface area (Å²) >= 11 is 3.68. The van der Waals surface area contributed by atoms with Crippen LogP contribution in [-0.2, 0) is 19.1 Å². The Morgan fingerprint density at radius 2 is 1.94 bits per heavy atom. The standard InChI is InChI=1S/C26H36BrN3O5/c1-4-9-15(3)29-24(33)22-26-13-17(27)21(35-26)19(23(32)28-12-5-2)20(26)25(34)30(22)18(14-31)16-10-7-6-8-11-16/h6-8,10-11,15,17-22,31H,4-5,9,12-14H2,1-3H3,(H,28,32)(H,29,33)/t15?,17?,18-,19-,20+,21-,22?,26?/m1/s1. The molecule has 192 valence electrons. The summed E-state index contributed by atoms with van der Waals surface area (Å²) in [4.78, 5) is 42.5. The average molecular weight is 550 g/mol. The highest BCUT2D eigenvalue weighted by molar-refractivity contribution is 9.09. The quantitative estimate of drug-likeness (QED) is 0.388. The Balaban J connectivity index is 1.78. The van der Waals surface area contributed by atoms with E-state index in [1.807, 2.05) is 44.2 Å². The molecule has 2 bridgehead atoms.